The molecule has 0 aromatic heterocycles. The van der Waals surface area contributed by atoms with Gasteiger partial charge >= 0.3 is 0 Å². The molecule has 2 nitrogen and oxygen atoms in total. The molecule has 2 heteroatoms. The van der Waals surface area contributed by atoms with Gasteiger partial charge < -0.3 is 10.2 Å². The Morgan fingerprint density at radius 2 is 2.00 bits per heavy atom. The second kappa shape index (κ2) is 6.24. The van der Waals surface area contributed by atoms with Gasteiger partial charge in [0.25, 0.3) is 0 Å². The second-order valence-corrected chi connectivity index (χ2v) is 5.35. The third kappa shape index (κ3) is 2.86. The Morgan fingerprint density at radius 3 is 2.50 bits per heavy atom. The number of benzene rings is 1. The summed E-state index contributed by atoms with van der Waals surface area (Å²) in [6, 6.07) is 9.61. The summed E-state index contributed by atoms with van der Waals surface area (Å²) in [5.41, 5.74) is 2.79. The zero-order chi connectivity index (χ0) is 13.0. The van der Waals surface area contributed by atoms with Gasteiger partial charge in [-0.2, -0.15) is 0 Å². The van der Waals surface area contributed by atoms with E-state index in [4.69, 9.17) is 0 Å². The van der Waals surface area contributed by atoms with Crippen molar-refractivity contribution in [2.24, 2.45) is 5.92 Å². The van der Waals surface area contributed by atoms with Gasteiger partial charge in [0.2, 0.25) is 0 Å². The van der Waals surface area contributed by atoms with Crippen LogP contribution in [0.5, 0.6) is 0 Å². The summed E-state index contributed by atoms with van der Waals surface area (Å²) in [4.78, 5) is 2.53. The van der Waals surface area contributed by atoms with Crippen molar-refractivity contribution in [2.45, 2.75) is 39.2 Å². The highest BCUT2D eigenvalue weighted by Gasteiger charge is 2.21. The molecule has 0 amide bonds. The van der Waals surface area contributed by atoms with Gasteiger partial charge in [-0.3, -0.25) is 0 Å². The highest BCUT2D eigenvalue weighted by Crippen LogP contribution is 2.27. The summed E-state index contributed by atoms with van der Waals surface area (Å²) >= 11 is 0. The highest BCUT2D eigenvalue weighted by molar-refractivity contribution is 5.49. The van der Waals surface area contributed by atoms with Crippen LogP contribution < -0.4 is 10.2 Å². The van der Waals surface area contributed by atoms with Gasteiger partial charge in [-0.25, -0.2) is 0 Å². The summed E-state index contributed by atoms with van der Waals surface area (Å²) in [6.45, 7) is 6.98. The van der Waals surface area contributed by atoms with Gasteiger partial charge in [0.1, 0.15) is 0 Å². The van der Waals surface area contributed by atoms with Gasteiger partial charge in [0.05, 0.1) is 0 Å². The molecule has 2 unspecified atom stereocenters. The highest BCUT2D eigenvalue weighted by atomic mass is 15.1. The van der Waals surface area contributed by atoms with Crippen LogP contribution in [0.4, 0.5) is 5.69 Å². The summed E-state index contributed by atoms with van der Waals surface area (Å²) < 4.78 is 0. The molecular formula is C16H26N2. The molecule has 0 aliphatic carbocycles. The minimum atomic E-state index is 0.487. The first-order valence-corrected chi connectivity index (χ1v) is 7.30. The molecule has 2 rings (SSSR count). The van der Waals surface area contributed by atoms with Crippen LogP contribution in [-0.2, 0) is 0 Å². The fraction of sp³-hybridized carbons (Fsp3) is 0.625. The van der Waals surface area contributed by atoms with Crippen molar-refractivity contribution >= 4 is 5.69 Å². The first-order valence-electron chi connectivity index (χ1n) is 7.30. The minimum absolute atomic E-state index is 0.487. The van der Waals surface area contributed by atoms with Crippen molar-refractivity contribution in [3.63, 3.8) is 0 Å². The Morgan fingerprint density at radius 1 is 1.28 bits per heavy atom. The standard InChI is InChI=1S/C16H26N2/c1-4-13-10-11-18(12-13)15-8-6-14(7-9-15)16(5-2)17-3/h6-9,13,16-17H,4-5,10-12H2,1-3H3. The number of rotatable bonds is 5. The molecule has 0 saturated carbocycles. The van der Waals surface area contributed by atoms with Crippen molar-refractivity contribution in [3.05, 3.63) is 29.8 Å². The Hall–Kier alpha value is -1.02. The Balaban J connectivity index is 2.04. The lowest BCUT2D eigenvalue weighted by Crippen LogP contribution is -2.20. The van der Waals surface area contributed by atoms with Crippen LogP contribution in [-0.4, -0.2) is 20.1 Å². The normalized spacial score (nSPS) is 21.3. The van der Waals surface area contributed by atoms with Crippen LogP contribution in [0.1, 0.15) is 44.7 Å². The molecule has 0 radical (unpaired) electrons. The van der Waals surface area contributed by atoms with Crippen molar-refractivity contribution in [3.8, 4) is 0 Å². The molecule has 2 atom stereocenters. The van der Waals surface area contributed by atoms with Gasteiger partial charge in [-0.05, 0) is 43.5 Å². The second-order valence-electron chi connectivity index (χ2n) is 5.35. The van der Waals surface area contributed by atoms with Gasteiger partial charge in [0.15, 0.2) is 0 Å². The fourth-order valence-electron chi connectivity index (χ4n) is 2.92. The number of hydrogen-bond donors (Lipinski definition) is 1. The summed E-state index contributed by atoms with van der Waals surface area (Å²) in [5.74, 6) is 0.894. The van der Waals surface area contributed by atoms with Crippen molar-refractivity contribution in [1.82, 2.24) is 5.32 Å². The summed E-state index contributed by atoms with van der Waals surface area (Å²) in [5, 5.41) is 3.36. The average molecular weight is 246 g/mol. The molecule has 1 fully saturated rings. The number of nitrogens with zero attached hydrogens (tertiary/aromatic N) is 1. The SMILES string of the molecule is CCC1CCN(c2ccc(C(CC)NC)cc2)C1. The monoisotopic (exact) mass is 246 g/mol. The topological polar surface area (TPSA) is 15.3 Å². The molecule has 0 spiro atoms. The minimum Gasteiger partial charge on any atom is -0.371 e. The molecule has 100 valence electrons. The van der Waals surface area contributed by atoms with E-state index in [1.807, 2.05) is 7.05 Å². The molecule has 1 saturated heterocycles. The van der Waals surface area contributed by atoms with Crippen LogP contribution >= 0.6 is 0 Å². The van der Waals surface area contributed by atoms with Gasteiger partial charge in [-0.1, -0.05) is 32.4 Å². The largest absolute Gasteiger partial charge is 0.371 e. The zero-order valence-corrected chi connectivity index (χ0v) is 11.9. The predicted octanol–water partition coefficient (Wildman–Crippen LogP) is 3.59. The first kappa shape index (κ1) is 13.4. The van der Waals surface area contributed by atoms with E-state index in [1.54, 1.807) is 0 Å². The maximum atomic E-state index is 3.36. The van der Waals surface area contributed by atoms with Gasteiger partial charge in [0, 0.05) is 24.8 Å². The molecule has 1 aromatic carbocycles. The molecule has 1 aliphatic heterocycles. The maximum Gasteiger partial charge on any atom is 0.0366 e. The summed E-state index contributed by atoms with van der Waals surface area (Å²) in [6.07, 6.45) is 3.80. The van der Waals surface area contributed by atoms with Crippen LogP contribution in [0.2, 0.25) is 0 Å². The van der Waals surface area contributed by atoms with Crippen molar-refractivity contribution in [1.29, 1.82) is 0 Å². The number of nitrogens with one attached hydrogen (secondary N) is 1. The lowest BCUT2D eigenvalue weighted by Gasteiger charge is -2.20. The lowest BCUT2D eigenvalue weighted by molar-refractivity contribution is 0.569. The van der Waals surface area contributed by atoms with Crippen molar-refractivity contribution < 1.29 is 0 Å². The Kier molecular flexibility index (Phi) is 4.65. The summed E-state index contributed by atoms with van der Waals surface area (Å²) in [7, 11) is 2.04. The van der Waals surface area contributed by atoms with E-state index in [0.29, 0.717) is 6.04 Å². The molecule has 1 aliphatic rings. The first-order chi connectivity index (χ1) is 8.78. The third-order valence-corrected chi connectivity index (χ3v) is 4.28. The van der Waals surface area contributed by atoms with E-state index in [-0.39, 0.29) is 0 Å². The Labute approximate surface area is 111 Å². The van der Waals surface area contributed by atoms with Gasteiger partial charge in [-0.15, -0.1) is 0 Å². The quantitative estimate of drug-likeness (QED) is 0.854. The molecule has 1 N–H and O–H groups in total. The molecule has 1 aromatic rings. The van der Waals surface area contributed by atoms with E-state index < -0.39 is 0 Å². The average Bonchev–Trinajstić information content (AvgIpc) is 2.90. The molecule has 0 bridgehead atoms. The Bertz CT molecular complexity index is 354. The van der Waals surface area contributed by atoms with E-state index in [2.05, 4.69) is 48.3 Å². The fourth-order valence-corrected chi connectivity index (χ4v) is 2.92. The zero-order valence-electron chi connectivity index (χ0n) is 11.9. The van der Waals surface area contributed by atoms with E-state index in [9.17, 15) is 0 Å². The van der Waals surface area contributed by atoms with E-state index in [1.165, 1.54) is 37.2 Å². The van der Waals surface area contributed by atoms with Crippen molar-refractivity contribution in [2.75, 3.05) is 25.0 Å². The lowest BCUT2D eigenvalue weighted by atomic mass is 10.0. The van der Waals surface area contributed by atoms with Crippen LogP contribution in [0, 0.1) is 5.92 Å². The van der Waals surface area contributed by atoms with Crippen LogP contribution in [0.25, 0.3) is 0 Å². The number of anilines is 1. The third-order valence-electron chi connectivity index (χ3n) is 4.28. The molecule has 18 heavy (non-hydrogen) atoms. The number of hydrogen-bond acceptors (Lipinski definition) is 2. The predicted molar refractivity (Wildman–Crippen MR) is 79.1 cm³/mol. The van der Waals surface area contributed by atoms with Crippen LogP contribution in [0.15, 0.2) is 24.3 Å². The smallest absolute Gasteiger partial charge is 0.0366 e. The molecular weight excluding hydrogens is 220 g/mol. The van der Waals surface area contributed by atoms with Crippen LogP contribution in [0.3, 0.4) is 0 Å². The maximum absolute atomic E-state index is 3.36. The molecule has 1 heterocycles. The van der Waals surface area contributed by atoms with E-state index in [0.717, 1.165) is 12.3 Å². The van der Waals surface area contributed by atoms with E-state index >= 15 is 0 Å².